The van der Waals surface area contributed by atoms with E-state index in [1.54, 1.807) is 18.5 Å². The summed E-state index contributed by atoms with van der Waals surface area (Å²) in [5, 5.41) is 14.9. The zero-order valence-corrected chi connectivity index (χ0v) is 24.9. The molecule has 2 aromatic rings. The normalized spacial score (nSPS) is 29.4. The average Bonchev–Trinajstić information content (AvgIpc) is 3.59. The smallest absolute Gasteiger partial charge is 0.338 e. The minimum absolute atomic E-state index is 0.0112. The van der Waals surface area contributed by atoms with Crippen LogP contribution < -0.4 is 5.32 Å². The van der Waals surface area contributed by atoms with E-state index in [0.717, 1.165) is 31.4 Å². The average molecular weight is 627 g/mol. The van der Waals surface area contributed by atoms with E-state index in [1.807, 2.05) is 9.80 Å². The number of fused-ring (bicyclic) bond motifs is 1. The molecule has 2 amide bonds. The van der Waals surface area contributed by atoms with Crippen LogP contribution in [0.25, 0.3) is 0 Å². The highest BCUT2D eigenvalue weighted by Crippen LogP contribution is 2.72. The van der Waals surface area contributed by atoms with Gasteiger partial charge in [-0.05, 0) is 49.3 Å². The molecule has 5 fully saturated rings. The minimum Gasteiger partial charge on any atom is -0.481 e. The minimum atomic E-state index is -1.04. The molecule has 14 heteroatoms. The van der Waals surface area contributed by atoms with Crippen molar-refractivity contribution in [3.05, 3.63) is 63.3 Å². The number of carbonyl (C=O) groups is 3. The molecule has 232 valence electrons. The maximum atomic E-state index is 14.4. The van der Waals surface area contributed by atoms with Crippen molar-refractivity contribution < 1.29 is 33.0 Å². The monoisotopic (exact) mass is 626 g/mol. The Hall–Kier alpha value is -3.91. The molecule has 1 aromatic carbocycles. The van der Waals surface area contributed by atoms with Gasteiger partial charge >= 0.3 is 18.0 Å². The number of aliphatic imine (C=N–C) groups is 1. The molecule has 44 heavy (non-hydrogen) atoms. The molecule has 3 saturated carbocycles. The number of hydrogen-bond acceptors (Lipinski definition) is 9. The predicted molar refractivity (Wildman–Crippen MR) is 155 cm³/mol. The maximum absolute atomic E-state index is 14.4. The topological polar surface area (TPSA) is 128 Å². The lowest BCUT2D eigenvalue weighted by atomic mass is 9.38. The second-order valence-corrected chi connectivity index (χ2v) is 13.3. The fourth-order valence-corrected chi connectivity index (χ4v) is 8.40. The molecule has 1 aromatic heterocycles. The number of aromatic nitrogens is 1. The van der Waals surface area contributed by atoms with Gasteiger partial charge in [0.1, 0.15) is 6.04 Å². The number of carboxylic acid groups (broad SMARTS) is 1. The zero-order valence-electron chi connectivity index (χ0n) is 24.1. The molecule has 3 aliphatic carbocycles. The van der Waals surface area contributed by atoms with Crippen LogP contribution in [0.3, 0.4) is 0 Å². The van der Waals surface area contributed by atoms with E-state index >= 15 is 0 Å². The summed E-state index contributed by atoms with van der Waals surface area (Å²) in [5.74, 6) is -3.02. The highest BCUT2D eigenvalue weighted by molar-refractivity contribution is 7.11. The predicted octanol–water partition coefficient (Wildman–Crippen LogP) is 3.15. The second kappa shape index (κ2) is 10.6. The Morgan fingerprint density at radius 2 is 1.98 bits per heavy atom. The van der Waals surface area contributed by atoms with Crippen molar-refractivity contribution >= 4 is 35.1 Å². The number of rotatable bonds is 9. The SMILES string of the molecule is CCOC(=O)C1=C(CN2CCN3C(=O)N(C45CC(CC(=O)O)(C4)C5)C[C@@H]3C2)NC(c2nccs2)=N[C@H]1c1ccc(F)c(F)c1. The van der Waals surface area contributed by atoms with E-state index in [0.29, 0.717) is 54.8 Å². The lowest BCUT2D eigenvalue weighted by Gasteiger charge is -2.73. The van der Waals surface area contributed by atoms with E-state index in [1.165, 1.54) is 17.4 Å². The summed E-state index contributed by atoms with van der Waals surface area (Å²) >= 11 is 1.36. The molecule has 8 rings (SSSR count). The van der Waals surface area contributed by atoms with Crippen LogP contribution in [-0.4, -0.2) is 99.5 Å². The Kier molecular flexibility index (Phi) is 6.96. The van der Waals surface area contributed by atoms with Crippen molar-refractivity contribution in [3.8, 4) is 0 Å². The third kappa shape index (κ3) is 4.74. The Labute approximate surface area is 256 Å². The number of halogens is 2. The quantitative estimate of drug-likeness (QED) is 0.407. The van der Waals surface area contributed by atoms with E-state index in [9.17, 15) is 28.3 Å². The highest BCUT2D eigenvalue weighted by atomic mass is 32.1. The van der Waals surface area contributed by atoms with Gasteiger partial charge in [0.25, 0.3) is 0 Å². The van der Waals surface area contributed by atoms with E-state index < -0.39 is 29.6 Å². The molecular formula is C30H32F2N6O5S. The Balaban J connectivity index is 1.14. The third-order valence-electron chi connectivity index (χ3n) is 9.55. The van der Waals surface area contributed by atoms with Crippen LogP contribution >= 0.6 is 11.3 Å². The number of hydrogen-bond donors (Lipinski definition) is 2. The lowest BCUT2D eigenvalue weighted by molar-refractivity contribution is -0.208. The number of amidine groups is 1. The summed E-state index contributed by atoms with van der Waals surface area (Å²) in [6.07, 6.45) is 4.02. The summed E-state index contributed by atoms with van der Waals surface area (Å²) in [7, 11) is 0. The first-order valence-electron chi connectivity index (χ1n) is 14.7. The first-order valence-corrected chi connectivity index (χ1v) is 15.6. The fourth-order valence-electron chi connectivity index (χ4n) is 7.81. The van der Waals surface area contributed by atoms with E-state index in [4.69, 9.17) is 9.73 Å². The van der Waals surface area contributed by atoms with E-state index in [-0.39, 0.29) is 41.6 Å². The summed E-state index contributed by atoms with van der Waals surface area (Å²) in [5.41, 5.74) is 0.659. The number of nitrogens with one attached hydrogen (secondary N) is 1. The van der Waals surface area contributed by atoms with Crippen molar-refractivity contribution in [3.63, 3.8) is 0 Å². The van der Waals surface area contributed by atoms with Crippen LogP contribution in [-0.2, 0) is 14.3 Å². The summed E-state index contributed by atoms with van der Waals surface area (Å²) < 4.78 is 33.7. The highest BCUT2D eigenvalue weighted by Gasteiger charge is 2.72. The fraction of sp³-hybridized carbons (Fsp3) is 0.500. The van der Waals surface area contributed by atoms with Gasteiger partial charge in [-0.15, -0.1) is 11.3 Å². The standard InChI is InChI=1S/C30H32F2N6O5S/c1-2-43-27(41)23-21(34-25(26-33-5-8-44-26)35-24(23)17-3-4-19(31)20(32)9-17)13-36-6-7-37-18(11-36)12-38(28(37)42)30-14-29(15-30,16-30)10-22(39)40/h3-5,8-9,18,24H,2,6-7,10-16H2,1H3,(H,34,35)(H,39,40)/t18-,24-,29?,30?/m0/s1. The maximum Gasteiger partial charge on any atom is 0.338 e. The third-order valence-corrected chi connectivity index (χ3v) is 10.3. The molecule has 2 N–H and O–H groups in total. The van der Waals surface area contributed by atoms with Crippen molar-refractivity contribution in [2.24, 2.45) is 10.4 Å². The number of benzene rings is 1. The number of urea groups is 1. The number of piperazine rings is 1. The van der Waals surface area contributed by atoms with E-state index in [2.05, 4.69) is 15.2 Å². The van der Waals surface area contributed by atoms with Gasteiger partial charge in [0.05, 0.1) is 24.6 Å². The Bertz CT molecular complexity index is 1580. The van der Waals surface area contributed by atoms with Gasteiger partial charge in [0, 0.05) is 55.5 Å². The molecule has 11 nitrogen and oxygen atoms in total. The second-order valence-electron chi connectivity index (χ2n) is 12.4. The van der Waals surface area contributed by atoms with Crippen molar-refractivity contribution in [2.45, 2.75) is 50.2 Å². The molecule has 2 atom stereocenters. The zero-order chi connectivity index (χ0) is 30.8. The van der Waals surface area contributed by atoms with Crippen LogP contribution in [0.15, 0.2) is 46.0 Å². The number of carbonyl (C=O) groups excluding carboxylic acids is 2. The molecule has 2 bridgehead atoms. The van der Waals surface area contributed by atoms with Crippen LogP contribution in [0.1, 0.15) is 49.2 Å². The molecule has 0 radical (unpaired) electrons. The molecular weight excluding hydrogens is 594 g/mol. The molecule has 6 aliphatic rings. The van der Waals surface area contributed by atoms with Gasteiger partial charge in [0.2, 0.25) is 0 Å². The first kappa shape index (κ1) is 28.8. The number of ether oxygens (including phenoxy) is 1. The molecule has 0 spiro atoms. The van der Waals surface area contributed by atoms with Gasteiger partial charge in [0.15, 0.2) is 22.5 Å². The summed E-state index contributed by atoms with van der Waals surface area (Å²) in [6, 6.07) is 2.49. The number of thiazole rings is 1. The van der Waals surface area contributed by atoms with Gasteiger partial charge in [-0.2, -0.15) is 0 Å². The number of carboxylic acids is 1. The Morgan fingerprint density at radius 3 is 2.66 bits per heavy atom. The van der Waals surface area contributed by atoms with Crippen LogP contribution in [0.4, 0.5) is 13.6 Å². The number of nitrogens with zero attached hydrogens (tertiary/aromatic N) is 5. The number of esters is 1. The largest absolute Gasteiger partial charge is 0.481 e. The molecule has 2 saturated heterocycles. The van der Waals surface area contributed by atoms with Gasteiger partial charge in [-0.1, -0.05) is 6.07 Å². The molecule has 0 unspecified atom stereocenters. The van der Waals surface area contributed by atoms with Crippen LogP contribution in [0.2, 0.25) is 0 Å². The van der Waals surface area contributed by atoms with Crippen molar-refractivity contribution in [2.75, 3.05) is 39.3 Å². The van der Waals surface area contributed by atoms with Crippen molar-refractivity contribution in [1.82, 2.24) is 25.0 Å². The van der Waals surface area contributed by atoms with Crippen LogP contribution in [0, 0.1) is 17.0 Å². The Morgan fingerprint density at radius 1 is 1.18 bits per heavy atom. The number of aliphatic carboxylic acids is 1. The van der Waals surface area contributed by atoms with Gasteiger partial charge < -0.3 is 25.0 Å². The first-order chi connectivity index (χ1) is 21.1. The molecule has 4 heterocycles. The lowest BCUT2D eigenvalue weighted by Crippen LogP contribution is -2.75. The summed E-state index contributed by atoms with van der Waals surface area (Å²) in [6.45, 7) is 4.34. The molecule has 3 aliphatic heterocycles. The van der Waals surface area contributed by atoms with Gasteiger partial charge in [-0.25, -0.2) is 23.4 Å². The van der Waals surface area contributed by atoms with Crippen LogP contribution in [0.5, 0.6) is 0 Å². The van der Waals surface area contributed by atoms with Crippen molar-refractivity contribution in [1.29, 1.82) is 0 Å². The van der Waals surface area contributed by atoms with Gasteiger partial charge in [-0.3, -0.25) is 14.7 Å². The summed E-state index contributed by atoms with van der Waals surface area (Å²) in [4.78, 5) is 53.2. The number of amides is 2.